The van der Waals surface area contributed by atoms with Gasteiger partial charge in [-0.1, -0.05) is 145 Å². The molecule has 10 N–H and O–H groups in total. The largest absolute Gasteiger partial charge is 0.496 e. The Bertz CT molecular complexity index is 5460. The molecule has 146 heavy (non-hydrogen) atoms. The van der Waals surface area contributed by atoms with Gasteiger partial charge in [-0.25, -0.2) is 28.9 Å². The Morgan fingerprint density at radius 1 is 0.500 bits per heavy atom. The van der Waals surface area contributed by atoms with E-state index in [1.165, 1.54) is 99.7 Å². The number of nitrogens with one attached hydrogen (secondary N) is 4. The molecule has 2 saturated heterocycles. The molecular weight excluding hydrogens is 1920 g/mol. The number of allylic oxidation sites excluding steroid dienone is 1. The monoisotopic (exact) mass is 2060 g/mol. The number of primary amides is 2. The lowest BCUT2D eigenvalue weighted by Gasteiger charge is -2.68. The van der Waals surface area contributed by atoms with E-state index in [0.717, 1.165) is 70.4 Å². The number of urea groups is 2. The number of unbranched alkanes of at least 4 members (excludes halogenated alkanes) is 4. The molecule has 8 bridgehead atoms. The Hall–Kier alpha value is -12.3. The maximum atomic E-state index is 13.9. The molecular formula is C109H142Cl2N10O25. The molecule has 4 aromatic carbocycles. The van der Waals surface area contributed by atoms with Crippen molar-refractivity contribution in [1.82, 2.24) is 36.1 Å². The number of methoxy groups -OCH3 is 4. The van der Waals surface area contributed by atoms with Crippen LogP contribution in [0.1, 0.15) is 248 Å². The van der Waals surface area contributed by atoms with E-state index in [-0.39, 0.29) is 169 Å². The van der Waals surface area contributed by atoms with Crippen LogP contribution >= 0.6 is 23.2 Å². The number of hydrogen-bond donors (Lipinski definition) is 7. The van der Waals surface area contributed by atoms with E-state index in [0.29, 0.717) is 132 Å². The second kappa shape index (κ2) is 53.9. The molecule has 5 atom stereocenters. The van der Waals surface area contributed by atoms with Crippen molar-refractivity contribution in [3.05, 3.63) is 169 Å². The van der Waals surface area contributed by atoms with Gasteiger partial charge in [-0.15, -0.1) is 5.06 Å². The number of nitrogens with two attached hydrogens (primary N) is 3. The first-order valence-corrected chi connectivity index (χ1v) is 50.6. The van der Waals surface area contributed by atoms with Crippen LogP contribution in [0.25, 0.3) is 17.9 Å². The highest BCUT2D eigenvalue weighted by Crippen LogP contribution is 2.70. The van der Waals surface area contributed by atoms with Gasteiger partial charge in [0, 0.05) is 143 Å². The Morgan fingerprint density at radius 3 is 1.35 bits per heavy atom. The zero-order valence-electron chi connectivity index (χ0n) is 83.0. The standard InChI is InChI=1S/C52H65ClN4O12.C41H53ClN4O7.C14H16N2O6.2CH4/c1-31(2)40(29-39(58)9-6-5-7-22-57-44(60)18-19-45(57)61)49(63)56-42(10-8-21-55-50(54)64)43(59)28-32-11-13-33(14-12-32)30-67-48-36(16-20-46(62)65-3)15-17-41(47(48)53)52(66-4)51(68-69-52)37-24-34-23-35(26-37)27-38(51)25-34;1-23(2)37(43)40(49)46-32(6-5-15-45-41(44)50)33(47)21-24-7-9-25(10-8-24)22-53-38-28(12-14-34(48)51-3)11-13-31(36(38)42)39(52-4)35-29-17-26-16-27(19-29)20-30(35)18-26;17-10-5-6-11(18)15(10)9-3-1-2-4-14(21)22-16-12(19)7-8-13(16)20;;/h11-20,31,34-35,37-38,40,42H,5-10,21-30H2,1-4H3,(H,56,63)(H3,54,55,64);7-14,23,26-27,29-30,32,37H,5-6,15-22,43H2,1-4H3,(H,46,49)(H3,44,45,50);5-6H,1-4,7-9H2;2*1H4/b20-16+;14-12+,39-35?;;;/t34?,35?,37?,38?,40-,42+,51?,52?;26?,27?,29?,30?,32-,37+;;;/m01.../s1. The molecule has 0 radical (unpaired) electrons. The number of ketones is 3. The summed E-state index contributed by atoms with van der Waals surface area (Å²) in [7, 11) is 5.94. The number of imide groups is 3. The van der Waals surface area contributed by atoms with Gasteiger partial charge < -0.3 is 71.7 Å². The zero-order chi connectivity index (χ0) is 104. The maximum absolute atomic E-state index is 13.9. The average molecular weight is 2060 g/mol. The highest BCUT2D eigenvalue weighted by molar-refractivity contribution is 6.34. The van der Waals surface area contributed by atoms with Crippen LogP contribution in [0, 0.1) is 65.1 Å². The quantitative estimate of drug-likeness (QED) is 0.00539. The summed E-state index contributed by atoms with van der Waals surface area (Å²) in [5.41, 5.74) is 22.7. The third-order valence-corrected chi connectivity index (χ3v) is 29.9. The van der Waals surface area contributed by atoms with Crippen LogP contribution in [0.3, 0.4) is 0 Å². The molecule has 35 nitrogen and oxygen atoms in total. The minimum atomic E-state index is -1.26. The predicted molar refractivity (Wildman–Crippen MR) is 543 cm³/mol. The lowest BCUT2D eigenvalue weighted by molar-refractivity contribution is -0.645. The molecule has 4 heterocycles. The number of carbonyl (C=O) groups is 16. The Kier molecular flexibility index (Phi) is 42.7. The average Bonchev–Trinajstić information content (AvgIpc) is 1.01. The lowest BCUT2D eigenvalue weighted by atomic mass is 9.47. The summed E-state index contributed by atoms with van der Waals surface area (Å²) in [6.07, 6.45) is 27.7. The normalized spacial score (nSPS) is 22.4. The van der Waals surface area contributed by atoms with E-state index in [9.17, 15) is 76.7 Å². The number of Topliss-reactive ketones (excluding diaryl/α,β-unsaturated/α-hetero) is 3. The van der Waals surface area contributed by atoms with Gasteiger partial charge in [0.1, 0.15) is 36.3 Å². The van der Waals surface area contributed by atoms with Crippen LogP contribution in [0.4, 0.5) is 9.59 Å². The maximum Gasteiger partial charge on any atom is 0.333 e. The van der Waals surface area contributed by atoms with Crippen molar-refractivity contribution in [2.75, 3.05) is 54.6 Å². The van der Waals surface area contributed by atoms with Gasteiger partial charge >= 0.3 is 30.0 Å². The van der Waals surface area contributed by atoms with Crippen molar-refractivity contribution in [1.29, 1.82) is 0 Å². The van der Waals surface area contributed by atoms with Crippen molar-refractivity contribution < 1.29 is 120 Å². The lowest BCUT2D eigenvalue weighted by Crippen LogP contribution is -2.76. The van der Waals surface area contributed by atoms with E-state index >= 15 is 0 Å². The number of hydrogen-bond acceptors (Lipinski definition) is 26. The highest BCUT2D eigenvalue weighted by Gasteiger charge is 2.77. The summed E-state index contributed by atoms with van der Waals surface area (Å²) in [4.78, 5) is 213. The Morgan fingerprint density at radius 2 is 0.932 bits per heavy atom. The number of amides is 12. The second-order valence-corrected chi connectivity index (χ2v) is 40.4. The van der Waals surface area contributed by atoms with Gasteiger partial charge in [-0.05, 0) is 221 Å². The number of hydroxylamine groups is 2. The van der Waals surface area contributed by atoms with Gasteiger partial charge in [-0.3, -0.25) is 62.5 Å². The number of halogens is 2. The molecule has 37 heteroatoms. The molecule has 8 saturated carbocycles. The third-order valence-electron chi connectivity index (χ3n) is 29.1. The zero-order valence-corrected chi connectivity index (χ0v) is 84.5. The predicted octanol–water partition coefficient (Wildman–Crippen LogP) is 14.1. The number of carbonyl (C=O) groups excluding carboxylic acids is 16. The molecule has 12 aliphatic rings. The van der Waals surface area contributed by atoms with Gasteiger partial charge in [0.05, 0.1) is 49.5 Å². The van der Waals surface area contributed by atoms with Crippen LogP contribution < -0.4 is 47.9 Å². The molecule has 1 spiro atoms. The summed E-state index contributed by atoms with van der Waals surface area (Å²) in [5.74, 6) is -1.52. The van der Waals surface area contributed by atoms with Crippen LogP contribution in [0.2, 0.25) is 10.0 Å². The first-order valence-electron chi connectivity index (χ1n) is 49.9. The fourth-order valence-corrected chi connectivity index (χ4v) is 22.6. The van der Waals surface area contributed by atoms with E-state index in [2.05, 4.69) is 21.3 Å². The number of esters is 2. The van der Waals surface area contributed by atoms with Crippen LogP contribution in [0.5, 0.6) is 11.5 Å². The van der Waals surface area contributed by atoms with Crippen molar-refractivity contribution in [3.63, 3.8) is 0 Å². The van der Waals surface area contributed by atoms with Crippen molar-refractivity contribution >= 4 is 136 Å². The molecule has 16 rings (SSSR count). The van der Waals surface area contributed by atoms with Gasteiger partial charge in [0.2, 0.25) is 11.8 Å². The Balaban J connectivity index is 0.000000250. The summed E-state index contributed by atoms with van der Waals surface area (Å²) in [5, 5.41) is 12.0. The van der Waals surface area contributed by atoms with Gasteiger partial charge in [0.15, 0.2) is 17.2 Å². The minimum Gasteiger partial charge on any atom is -0.496 e. The summed E-state index contributed by atoms with van der Waals surface area (Å²) < 4.78 is 35.0. The molecule has 0 aromatic heterocycles. The SMILES string of the molecule is C.C.COC(=O)/C=C/c1ccc(C(OC)=C2C3CC4CC(C3)CC2C4)c(Cl)c1OCc1ccc(CC(=O)[C@@H](CCCNC(N)=O)NC(=O)[C@@H](N)C(C)C)cc1.COC(=O)/C=C/c1ccc(C2(OC)OOC23C2CC4CC(C2)CC3C4)c(Cl)c1OCc1ccc(CC(=O)[C@@H](CCCNC(N)=O)NC(=O)[C@@H](CC(=O)CCCCCN2C(=O)C=CC2=O)C(C)C)cc1.O=C(CCCCCN1C(=O)C=CC1=O)ON1C(=O)CCC1=O. The van der Waals surface area contributed by atoms with Gasteiger partial charge in [0.25, 0.3) is 41.2 Å². The fraction of sp³-hybridized carbons (Fsp3) is 0.541. The Labute approximate surface area is 863 Å². The fourth-order valence-electron chi connectivity index (χ4n) is 21.9. The molecule has 1 unspecified atom stereocenters. The van der Waals surface area contributed by atoms with Crippen molar-refractivity contribution in [2.45, 2.75) is 259 Å². The molecule has 12 amide bonds. The topological polar surface area (TPSA) is 492 Å². The van der Waals surface area contributed by atoms with Crippen molar-refractivity contribution in [3.8, 4) is 11.5 Å². The molecule has 8 aliphatic carbocycles. The van der Waals surface area contributed by atoms with E-state index in [4.69, 9.17) is 83.4 Å². The molecule has 4 aliphatic heterocycles. The second-order valence-electron chi connectivity index (χ2n) is 39.6. The molecule has 10 fully saturated rings. The third kappa shape index (κ3) is 29.2. The number of nitrogens with zero attached hydrogens (tertiary/aromatic N) is 3. The number of benzene rings is 4. The van der Waals surface area contributed by atoms with Gasteiger partial charge in [-0.2, -0.15) is 4.89 Å². The first kappa shape index (κ1) is 116. The number of ether oxygens (including phenoxy) is 6. The summed E-state index contributed by atoms with van der Waals surface area (Å²) >= 11 is 14.5. The first-order chi connectivity index (χ1) is 68.9. The van der Waals surface area contributed by atoms with Crippen LogP contribution in [-0.4, -0.2) is 188 Å². The van der Waals surface area contributed by atoms with Crippen LogP contribution in [-0.2, 0) is 133 Å². The van der Waals surface area contributed by atoms with Crippen LogP contribution in [0.15, 0.2) is 115 Å². The molecule has 792 valence electrons. The smallest absolute Gasteiger partial charge is 0.333 e. The van der Waals surface area contributed by atoms with E-state index < -0.39 is 89.0 Å². The highest BCUT2D eigenvalue weighted by atomic mass is 35.5. The molecule has 4 aromatic rings. The van der Waals surface area contributed by atoms with E-state index in [1.807, 2.05) is 100 Å². The summed E-state index contributed by atoms with van der Waals surface area (Å²) in [6.45, 7) is 8.70. The van der Waals surface area contributed by atoms with Crippen molar-refractivity contribution in [2.24, 2.45) is 82.3 Å². The summed E-state index contributed by atoms with van der Waals surface area (Å²) in [6, 6.07) is 18.4. The minimum absolute atomic E-state index is 0. The van der Waals surface area contributed by atoms with E-state index in [1.54, 1.807) is 26.4 Å². The number of rotatable bonds is 49.